The largest absolute Gasteiger partial charge is 0.480 e. The van der Waals surface area contributed by atoms with Gasteiger partial charge in [0.1, 0.15) is 6.54 Å². The zero-order chi connectivity index (χ0) is 12.4. The van der Waals surface area contributed by atoms with E-state index in [1.54, 1.807) is 0 Å². The molecule has 4 heteroatoms. The van der Waals surface area contributed by atoms with E-state index in [-0.39, 0.29) is 24.3 Å². The number of carbonyl (C=O) groups is 2. The first kappa shape index (κ1) is 11.6. The number of likely N-dealkylation sites (N-methyl/N-ethyl adjacent to an activating group) is 1. The molecule has 1 amide bonds. The fourth-order valence-electron chi connectivity index (χ4n) is 2.10. The van der Waals surface area contributed by atoms with Crippen molar-refractivity contribution in [3.63, 3.8) is 0 Å². The maximum atomic E-state index is 11.9. The van der Waals surface area contributed by atoms with E-state index in [9.17, 15) is 9.59 Å². The third-order valence-electron chi connectivity index (χ3n) is 3.08. The number of nitrogens with zero attached hydrogens (tertiary/aromatic N) is 1. The first-order valence-electron chi connectivity index (χ1n) is 5.61. The molecule has 4 nitrogen and oxygen atoms in total. The van der Waals surface area contributed by atoms with E-state index < -0.39 is 5.97 Å². The van der Waals surface area contributed by atoms with Crippen molar-refractivity contribution in [3.8, 4) is 0 Å². The maximum Gasteiger partial charge on any atom is 0.323 e. The Bertz CT molecular complexity index is 430. The summed E-state index contributed by atoms with van der Waals surface area (Å²) in [7, 11) is 1.54. The lowest BCUT2D eigenvalue weighted by Gasteiger charge is -2.14. The van der Waals surface area contributed by atoms with Crippen molar-refractivity contribution in [1.29, 1.82) is 0 Å². The molecule has 1 fully saturated rings. The van der Waals surface area contributed by atoms with Gasteiger partial charge in [0.2, 0.25) is 5.91 Å². The average molecular weight is 233 g/mol. The molecule has 0 radical (unpaired) electrons. The molecule has 2 rings (SSSR count). The monoisotopic (exact) mass is 233 g/mol. The molecule has 1 aliphatic carbocycles. The number of carboxylic acids is 1. The number of benzene rings is 1. The summed E-state index contributed by atoms with van der Waals surface area (Å²) >= 11 is 0. The van der Waals surface area contributed by atoms with E-state index in [4.69, 9.17) is 5.11 Å². The third kappa shape index (κ3) is 2.64. The molecule has 90 valence electrons. The SMILES string of the molecule is CN(CC(=O)O)C(=O)C1CC1c1ccccc1. The van der Waals surface area contributed by atoms with Crippen LogP contribution in [0.5, 0.6) is 0 Å². The molecule has 1 saturated carbocycles. The second kappa shape index (κ2) is 4.57. The number of hydrogen-bond acceptors (Lipinski definition) is 2. The molecule has 0 spiro atoms. The molecule has 0 aromatic heterocycles. The van der Waals surface area contributed by atoms with Gasteiger partial charge in [-0.3, -0.25) is 9.59 Å². The molecule has 2 unspecified atom stereocenters. The molecule has 0 saturated heterocycles. The quantitative estimate of drug-likeness (QED) is 0.853. The highest BCUT2D eigenvalue weighted by molar-refractivity contribution is 5.85. The molecular formula is C13H15NO3. The molecule has 1 aliphatic rings. The molecular weight excluding hydrogens is 218 g/mol. The molecule has 1 N–H and O–H groups in total. The van der Waals surface area contributed by atoms with Gasteiger partial charge in [0.15, 0.2) is 0 Å². The third-order valence-corrected chi connectivity index (χ3v) is 3.08. The zero-order valence-corrected chi connectivity index (χ0v) is 9.67. The molecule has 2 atom stereocenters. The minimum Gasteiger partial charge on any atom is -0.480 e. The Morgan fingerprint density at radius 2 is 2.00 bits per heavy atom. The number of carbonyl (C=O) groups excluding carboxylic acids is 1. The van der Waals surface area contributed by atoms with Crippen LogP contribution in [-0.4, -0.2) is 35.5 Å². The van der Waals surface area contributed by atoms with Crippen molar-refractivity contribution in [2.45, 2.75) is 12.3 Å². The van der Waals surface area contributed by atoms with Crippen LogP contribution in [0.4, 0.5) is 0 Å². The summed E-state index contributed by atoms with van der Waals surface area (Å²) in [5.41, 5.74) is 1.16. The zero-order valence-electron chi connectivity index (χ0n) is 9.67. The summed E-state index contributed by atoms with van der Waals surface area (Å²) in [6.45, 7) is -0.225. The molecule has 1 aromatic rings. The Morgan fingerprint density at radius 1 is 1.35 bits per heavy atom. The Morgan fingerprint density at radius 3 is 2.59 bits per heavy atom. The molecule has 1 aromatic carbocycles. The molecule has 0 aliphatic heterocycles. The van der Waals surface area contributed by atoms with E-state index in [0.717, 1.165) is 12.0 Å². The van der Waals surface area contributed by atoms with Crippen LogP contribution in [0.15, 0.2) is 30.3 Å². The van der Waals surface area contributed by atoms with Crippen molar-refractivity contribution < 1.29 is 14.7 Å². The van der Waals surface area contributed by atoms with Crippen LogP contribution in [0, 0.1) is 5.92 Å². The van der Waals surface area contributed by atoms with Crippen LogP contribution >= 0.6 is 0 Å². The highest BCUT2D eigenvalue weighted by Gasteiger charge is 2.45. The summed E-state index contributed by atoms with van der Waals surface area (Å²) in [6.07, 6.45) is 0.826. The summed E-state index contributed by atoms with van der Waals surface area (Å²) in [4.78, 5) is 23.7. The van der Waals surface area contributed by atoms with Gasteiger partial charge in [-0.25, -0.2) is 0 Å². The van der Waals surface area contributed by atoms with E-state index >= 15 is 0 Å². The topological polar surface area (TPSA) is 57.6 Å². The normalized spacial score (nSPS) is 21.9. The van der Waals surface area contributed by atoms with Gasteiger partial charge in [-0.15, -0.1) is 0 Å². The summed E-state index contributed by atoms with van der Waals surface area (Å²) in [6, 6.07) is 9.87. The summed E-state index contributed by atoms with van der Waals surface area (Å²) in [5, 5.41) is 8.62. The van der Waals surface area contributed by atoms with Crippen LogP contribution in [0.2, 0.25) is 0 Å². The van der Waals surface area contributed by atoms with Gasteiger partial charge in [-0.2, -0.15) is 0 Å². The molecule has 0 bridgehead atoms. The van der Waals surface area contributed by atoms with Crippen LogP contribution in [0.25, 0.3) is 0 Å². The van der Waals surface area contributed by atoms with E-state index in [1.165, 1.54) is 11.9 Å². The Kier molecular flexibility index (Phi) is 3.13. The highest BCUT2D eigenvalue weighted by atomic mass is 16.4. The highest BCUT2D eigenvalue weighted by Crippen LogP contribution is 2.48. The fourth-order valence-corrected chi connectivity index (χ4v) is 2.10. The number of amides is 1. The van der Waals surface area contributed by atoms with Crippen molar-refractivity contribution in [2.75, 3.05) is 13.6 Å². The lowest BCUT2D eigenvalue weighted by Crippen LogP contribution is -2.33. The van der Waals surface area contributed by atoms with Gasteiger partial charge in [-0.1, -0.05) is 30.3 Å². The van der Waals surface area contributed by atoms with Gasteiger partial charge < -0.3 is 10.0 Å². The van der Waals surface area contributed by atoms with Gasteiger partial charge in [0, 0.05) is 13.0 Å². The maximum absolute atomic E-state index is 11.9. The van der Waals surface area contributed by atoms with Crippen LogP contribution in [-0.2, 0) is 9.59 Å². The van der Waals surface area contributed by atoms with Crippen molar-refractivity contribution in [1.82, 2.24) is 4.90 Å². The summed E-state index contributed by atoms with van der Waals surface area (Å²) in [5.74, 6) is -0.819. The Hall–Kier alpha value is -1.84. The van der Waals surface area contributed by atoms with E-state index in [2.05, 4.69) is 0 Å². The van der Waals surface area contributed by atoms with Crippen LogP contribution in [0.1, 0.15) is 17.9 Å². The van der Waals surface area contributed by atoms with Crippen molar-refractivity contribution in [3.05, 3.63) is 35.9 Å². The van der Waals surface area contributed by atoms with Gasteiger partial charge in [0.05, 0.1) is 0 Å². The van der Waals surface area contributed by atoms with Gasteiger partial charge in [-0.05, 0) is 17.9 Å². The van der Waals surface area contributed by atoms with Crippen LogP contribution < -0.4 is 0 Å². The predicted molar refractivity (Wildman–Crippen MR) is 62.6 cm³/mol. The molecule has 17 heavy (non-hydrogen) atoms. The van der Waals surface area contributed by atoms with E-state index in [0.29, 0.717) is 0 Å². The number of aliphatic carboxylic acids is 1. The Balaban J connectivity index is 1.95. The smallest absolute Gasteiger partial charge is 0.323 e. The minimum atomic E-state index is -0.974. The second-order valence-electron chi connectivity index (χ2n) is 4.45. The number of hydrogen-bond donors (Lipinski definition) is 1. The van der Waals surface area contributed by atoms with Gasteiger partial charge in [0.25, 0.3) is 0 Å². The Labute approximate surface area is 99.9 Å². The molecule has 0 heterocycles. The lowest BCUT2D eigenvalue weighted by atomic mass is 10.1. The van der Waals surface area contributed by atoms with Gasteiger partial charge >= 0.3 is 5.97 Å². The second-order valence-corrected chi connectivity index (χ2v) is 4.45. The standard InChI is InChI=1S/C13H15NO3/c1-14(8-12(15)16)13(17)11-7-10(11)9-5-3-2-4-6-9/h2-6,10-11H,7-8H2,1H3,(H,15,16). The minimum absolute atomic E-state index is 0.0400. The van der Waals surface area contributed by atoms with Crippen molar-refractivity contribution in [2.24, 2.45) is 5.92 Å². The van der Waals surface area contributed by atoms with Crippen molar-refractivity contribution >= 4 is 11.9 Å². The number of rotatable bonds is 4. The van der Waals surface area contributed by atoms with E-state index in [1.807, 2.05) is 30.3 Å². The summed E-state index contributed by atoms with van der Waals surface area (Å²) < 4.78 is 0. The lowest BCUT2D eigenvalue weighted by molar-refractivity contribution is -0.144. The first-order chi connectivity index (χ1) is 8.09. The fraction of sp³-hybridized carbons (Fsp3) is 0.385. The average Bonchev–Trinajstić information content (AvgIpc) is 3.08. The van der Waals surface area contributed by atoms with Crippen LogP contribution in [0.3, 0.4) is 0 Å². The predicted octanol–water partition coefficient (Wildman–Crippen LogP) is 1.33. The number of carboxylic acid groups (broad SMARTS) is 1. The first-order valence-corrected chi connectivity index (χ1v) is 5.61.